The second-order valence-electron chi connectivity index (χ2n) is 3.39. The van der Waals surface area contributed by atoms with E-state index in [0.29, 0.717) is 15.8 Å². The van der Waals surface area contributed by atoms with Crippen LogP contribution < -0.4 is 10.1 Å². The zero-order valence-electron chi connectivity index (χ0n) is 9.61. The van der Waals surface area contributed by atoms with Crippen LogP contribution in [-0.2, 0) is 6.61 Å². The number of halogens is 2. The van der Waals surface area contributed by atoms with E-state index >= 15 is 0 Å². The van der Waals surface area contributed by atoms with E-state index in [2.05, 4.69) is 15.5 Å². The van der Waals surface area contributed by atoms with E-state index in [9.17, 15) is 4.39 Å². The van der Waals surface area contributed by atoms with Gasteiger partial charge in [0.05, 0.1) is 5.02 Å². The lowest BCUT2D eigenvalue weighted by Crippen LogP contribution is -1.96. The zero-order chi connectivity index (χ0) is 13.0. The number of hydrogen-bond donors (Lipinski definition) is 1. The van der Waals surface area contributed by atoms with Crippen molar-refractivity contribution in [3.63, 3.8) is 0 Å². The number of hydrogen-bond acceptors (Lipinski definition) is 5. The summed E-state index contributed by atoms with van der Waals surface area (Å²) in [6, 6.07) is 3.98. The Morgan fingerprint density at radius 2 is 2.28 bits per heavy atom. The maximum atomic E-state index is 13.0. The monoisotopic (exact) mass is 287 g/mol. The zero-order valence-corrected chi connectivity index (χ0v) is 11.2. The van der Waals surface area contributed by atoms with Crippen LogP contribution in [0.1, 0.15) is 11.9 Å². The van der Waals surface area contributed by atoms with Crippen molar-refractivity contribution in [2.45, 2.75) is 13.5 Å². The molecule has 7 heteroatoms. The van der Waals surface area contributed by atoms with E-state index in [4.69, 9.17) is 16.3 Å². The Balaban J connectivity index is 1.99. The van der Waals surface area contributed by atoms with Crippen LogP contribution in [0.3, 0.4) is 0 Å². The predicted molar refractivity (Wildman–Crippen MR) is 69.8 cm³/mol. The quantitative estimate of drug-likeness (QED) is 0.916. The Morgan fingerprint density at radius 3 is 3.06 bits per heavy atom. The van der Waals surface area contributed by atoms with Crippen molar-refractivity contribution in [3.05, 3.63) is 34.0 Å². The molecule has 1 aromatic heterocycles. The molecule has 0 unspecified atom stereocenters. The summed E-state index contributed by atoms with van der Waals surface area (Å²) in [4.78, 5) is 0. The molecular formula is C11H11ClFN3OS. The fourth-order valence-electron chi connectivity index (χ4n) is 1.26. The van der Waals surface area contributed by atoms with Crippen molar-refractivity contribution in [2.24, 2.45) is 0 Å². The third-order valence-corrected chi connectivity index (χ3v) is 3.21. The lowest BCUT2D eigenvalue weighted by atomic mass is 10.3. The van der Waals surface area contributed by atoms with Gasteiger partial charge in [-0.3, -0.25) is 0 Å². The van der Waals surface area contributed by atoms with Crippen LogP contribution in [0.15, 0.2) is 18.2 Å². The van der Waals surface area contributed by atoms with Crippen molar-refractivity contribution in [1.29, 1.82) is 0 Å². The summed E-state index contributed by atoms with van der Waals surface area (Å²) in [6.45, 7) is 2.97. The molecule has 4 nitrogen and oxygen atoms in total. The Labute approximate surface area is 113 Å². The number of benzene rings is 1. The topological polar surface area (TPSA) is 47.0 Å². The minimum absolute atomic E-state index is 0.215. The van der Waals surface area contributed by atoms with E-state index in [1.807, 2.05) is 6.92 Å². The highest BCUT2D eigenvalue weighted by atomic mass is 35.5. The predicted octanol–water partition coefficient (Wildman–Crippen LogP) is 3.34. The van der Waals surface area contributed by atoms with Gasteiger partial charge in [0.1, 0.15) is 18.2 Å². The molecule has 0 atom stereocenters. The number of ether oxygens (including phenoxy) is 1. The molecule has 1 heterocycles. The van der Waals surface area contributed by atoms with E-state index in [1.54, 1.807) is 0 Å². The maximum absolute atomic E-state index is 13.0. The van der Waals surface area contributed by atoms with Crippen LogP contribution in [0.5, 0.6) is 5.75 Å². The van der Waals surface area contributed by atoms with Crippen LogP contribution >= 0.6 is 22.9 Å². The van der Waals surface area contributed by atoms with Crippen LogP contribution in [0.25, 0.3) is 0 Å². The van der Waals surface area contributed by atoms with Crippen molar-refractivity contribution in [3.8, 4) is 5.75 Å². The Hall–Kier alpha value is -1.40. The molecule has 0 aliphatic carbocycles. The van der Waals surface area contributed by atoms with Crippen molar-refractivity contribution < 1.29 is 9.13 Å². The van der Waals surface area contributed by atoms with E-state index in [1.165, 1.54) is 29.5 Å². The summed E-state index contributed by atoms with van der Waals surface area (Å²) >= 11 is 7.27. The normalized spacial score (nSPS) is 10.4. The van der Waals surface area contributed by atoms with Crippen molar-refractivity contribution >= 4 is 28.1 Å². The van der Waals surface area contributed by atoms with Crippen LogP contribution in [-0.4, -0.2) is 16.7 Å². The molecular weight excluding hydrogens is 277 g/mol. The van der Waals surface area contributed by atoms with Gasteiger partial charge in [0.2, 0.25) is 5.13 Å². The number of anilines is 1. The second kappa shape index (κ2) is 5.97. The minimum Gasteiger partial charge on any atom is -0.485 e. The average Bonchev–Trinajstić information content (AvgIpc) is 2.79. The number of nitrogens with zero attached hydrogens (tertiary/aromatic N) is 2. The highest BCUT2D eigenvalue weighted by molar-refractivity contribution is 7.15. The second-order valence-corrected chi connectivity index (χ2v) is 4.86. The Bertz CT molecular complexity index is 535. The smallest absolute Gasteiger partial charge is 0.205 e. The molecule has 0 saturated heterocycles. The lowest BCUT2D eigenvalue weighted by Gasteiger charge is -2.05. The molecule has 0 amide bonds. The first-order valence-corrected chi connectivity index (χ1v) is 6.52. The molecule has 0 aliphatic rings. The minimum atomic E-state index is -0.389. The molecule has 96 valence electrons. The maximum Gasteiger partial charge on any atom is 0.205 e. The van der Waals surface area contributed by atoms with Gasteiger partial charge in [-0.1, -0.05) is 22.9 Å². The molecule has 0 aliphatic heterocycles. The molecule has 0 radical (unpaired) electrons. The summed E-state index contributed by atoms with van der Waals surface area (Å²) in [6.07, 6.45) is 0. The molecule has 0 fully saturated rings. The van der Waals surface area contributed by atoms with Gasteiger partial charge in [0.25, 0.3) is 0 Å². The van der Waals surface area contributed by atoms with Gasteiger partial charge >= 0.3 is 0 Å². The van der Waals surface area contributed by atoms with Crippen molar-refractivity contribution in [1.82, 2.24) is 10.2 Å². The van der Waals surface area contributed by atoms with Gasteiger partial charge in [0.15, 0.2) is 5.01 Å². The molecule has 0 bridgehead atoms. The highest BCUT2D eigenvalue weighted by Gasteiger charge is 2.07. The molecule has 0 saturated carbocycles. The summed E-state index contributed by atoms with van der Waals surface area (Å²) in [7, 11) is 0. The van der Waals surface area contributed by atoms with Gasteiger partial charge in [-0.05, 0) is 19.1 Å². The summed E-state index contributed by atoms with van der Waals surface area (Å²) in [5.74, 6) is -0.0862. The third kappa shape index (κ3) is 3.30. The number of nitrogens with one attached hydrogen (secondary N) is 1. The summed E-state index contributed by atoms with van der Waals surface area (Å²) < 4.78 is 18.4. The van der Waals surface area contributed by atoms with Gasteiger partial charge in [0, 0.05) is 12.6 Å². The fraction of sp³-hybridized carbons (Fsp3) is 0.273. The SMILES string of the molecule is CCNc1nnc(COc2cc(F)ccc2Cl)s1. The number of aromatic nitrogens is 2. The molecule has 2 rings (SSSR count). The lowest BCUT2D eigenvalue weighted by molar-refractivity contribution is 0.303. The van der Waals surface area contributed by atoms with E-state index < -0.39 is 0 Å². The van der Waals surface area contributed by atoms with Crippen LogP contribution in [0.2, 0.25) is 5.02 Å². The van der Waals surface area contributed by atoms with Gasteiger partial charge in [-0.2, -0.15) is 0 Å². The van der Waals surface area contributed by atoms with Crippen LogP contribution in [0.4, 0.5) is 9.52 Å². The summed E-state index contributed by atoms with van der Waals surface area (Å²) in [5, 5.41) is 12.7. The first-order valence-electron chi connectivity index (χ1n) is 5.33. The Kier molecular flexibility index (Phi) is 4.33. The molecule has 2 aromatic rings. The number of rotatable bonds is 5. The highest BCUT2D eigenvalue weighted by Crippen LogP contribution is 2.26. The molecule has 1 aromatic carbocycles. The largest absolute Gasteiger partial charge is 0.485 e. The third-order valence-electron chi connectivity index (χ3n) is 2.04. The molecule has 1 N–H and O–H groups in total. The van der Waals surface area contributed by atoms with Gasteiger partial charge < -0.3 is 10.1 Å². The molecule has 0 spiro atoms. The van der Waals surface area contributed by atoms with E-state index in [-0.39, 0.29) is 12.4 Å². The van der Waals surface area contributed by atoms with Crippen LogP contribution in [0, 0.1) is 5.82 Å². The fourth-order valence-corrected chi connectivity index (χ4v) is 2.15. The first-order chi connectivity index (χ1) is 8.69. The molecule has 18 heavy (non-hydrogen) atoms. The average molecular weight is 288 g/mol. The standard InChI is InChI=1S/C11H11ClFN3OS/c1-2-14-11-16-15-10(18-11)6-17-9-5-7(13)3-4-8(9)12/h3-5H,2,6H2,1H3,(H,14,16). The van der Waals surface area contributed by atoms with Crippen molar-refractivity contribution in [2.75, 3.05) is 11.9 Å². The van der Waals surface area contributed by atoms with Gasteiger partial charge in [-0.25, -0.2) is 4.39 Å². The summed E-state index contributed by atoms with van der Waals surface area (Å²) in [5.41, 5.74) is 0. The van der Waals surface area contributed by atoms with Gasteiger partial charge in [-0.15, -0.1) is 10.2 Å². The Morgan fingerprint density at radius 1 is 1.44 bits per heavy atom. The van der Waals surface area contributed by atoms with E-state index in [0.717, 1.165) is 11.7 Å². The first kappa shape index (κ1) is 13.0.